The number of carbonyl (C=O) groups excluding carboxylic acids is 1. The highest BCUT2D eigenvalue weighted by Gasteiger charge is 2.41. The van der Waals surface area contributed by atoms with E-state index in [1.165, 1.54) is 22.4 Å². The van der Waals surface area contributed by atoms with Crippen LogP contribution in [-0.4, -0.2) is 35.7 Å². The molecule has 4 heteroatoms. The lowest BCUT2D eigenvalue weighted by atomic mass is 9.92. The Morgan fingerprint density at radius 1 is 1.14 bits per heavy atom. The molecule has 2 aliphatic rings. The van der Waals surface area contributed by atoms with Gasteiger partial charge in [0.05, 0.1) is 0 Å². The first-order valence-electron chi connectivity index (χ1n) is 10.7. The fourth-order valence-electron chi connectivity index (χ4n) is 4.71. The first-order valence-corrected chi connectivity index (χ1v) is 10.7. The lowest BCUT2D eigenvalue weighted by Gasteiger charge is -2.30. The van der Waals surface area contributed by atoms with E-state index in [1.807, 2.05) is 25.7 Å². The van der Waals surface area contributed by atoms with E-state index in [0.717, 1.165) is 32.5 Å². The highest BCUT2D eigenvalue weighted by Crippen LogP contribution is 2.45. The quantitative estimate of drug-likeness (QED) is 0.677. The second-order valence-electron chi connectivity index (χ2n) is 9.42. The van der Waals surface area contributed by atoms with E-state index in [2.05, 4.69) is 60.4 Å². The Labute approximate surface area is 174 Å². The SMILES string of the molecule is Cc1ccc2c(c1)C1CN(C(=O)OC(C)(C)C)CCCC1N2Cc1ccccc1. The summed E-state index contributed by atoms with van der Waals surface area (Å²) in [5.41, 5.74) is 4.83. The van der Waals surface area contributed by atoms with E-state index in [0.29, 0.717) is 12.0 Å². The summed E-state index contributed by atoms with van der Waals surface area (Å²) in [5.74, 6) is 0.323. The molecule has 0 bridgehead atoms. The Morgan fingerprint density at radius 2 is 1.90 bits per heavy atom. The van der Waals surface area contributed by atoms with Crippen LogP contribution in [0.3, 0.4) is 0 Å². The molecule has 2 unspecified atom stereocenters. The number of carbonyl (C=O) groups is 1. The van der Waals surface area contributed by atoms with Gasteiger partial charge in [-0.1, -0.05) is 48.0 Å². The normalized spacial score (nSPS) is 21.4. The number of nitrogens with zero attached hydrogens (tertiary/aromatic N) is 2. The maximum atomic E-state index is 12.8. The number of fused-ring (bicyclic) bond motifs is 3. The Bertz CT molecular complexity index is 872. The highest BCUT2D eigenvalue weighted by molar-refractivity contribution is 5.69. The Hall–Kier alpha value is -2.49. The van der Waals surface area contributed by atoms with Crippen molar-refractivity contribution in [2.24, 2.45) is 0 Å². The Morgan fingerprint density at radius 3 is 2.62 bits per heavy atom. The monoisotopic (exact) mass is 392 g/mol. The maximum Gasteiger partial charge on any atom is 0.410 e. The largest absolute Gasteiger partial charge is 0.444 e. The van der Waals surface area contributed by atoms with Crippen molar-refractivity contribution < 1.29 is 9.53 Å². The summed E-state index contributed by atoms with van der Waals surface area (Å²) < 4.78 is 5.69. The predicted molar refractivity (Wildman–Crippen MR) is 117 cm³/mol. The number of aryl methyl sites for hydroxylation is 1. The summed E-state index contributed by atoms with van der Waals surface area (Å²) in [7, 11) is 0. The van der Waals surface area contributed by atoms with Gasteiger partial charge in [0.2, 0.25) is 0 Å². The summed E-state index contributed by atoms with van der Waals surface area (Å²) in [6, 6.07) is 17.9. The van der Waals surface area contributed by atoms with E-state index in [-0.39, 0.29) is 6.09 Å². The lowest BCUT2D eigenvalue weighted by molar-refractivity contribution is 0.0248. The fourth-order valence-corrected chi connectivity index (χ4v) is 4.71. The number of anilines is 1. The zero-order chi connectivity index (χ0) is 20.6. The lowest BCUT2D eigenvalue weighted by Crippen LogP contribution is -2.40. The van der Waals surface area contributed by atoms with Crippen LogP contribution < -0.4 is 4.90 Å². The number of ether oxygens (including phenoxy) is 1. The van der Waals surface area contributed by atoms with Gasteiger partial charge in [-0.05, 0) is 57.7 Å². The van der Waals surface area contributed by atoms with Gasteiger partial charge in [-0.25, -0.2) is 4.79 Å². The van der Waals surface area contributed by atoms with E-state index >= 15 is 0 Å². The van der Waals surface area contributed by atoms with Crippen molar-refractivity contribution in [3.8, 4) is 0 Å². The average molecular weight is 393 g/mol. The minimum Gasteiger partial charge on any atom is -0.444 e. The number of rotatable bonds is 2. The molecule has 0 aliphatic carbocycles. The van der Waals surface area contributed by atoms with E-state index < -0.39 is 5.60 Å². The summed E-state index contributed by atoms with van der Waals surface area (Å²) in [5, 5.41) is 0. The van der Waals surface area contributed by atoms with Crippen molar-refractivity contribution in [3.63, 3.8) is 0 Å². The van der Waals surface area contributed by atoms with Crippen LogP contribution in [0.15, 0.2) is 48.5 Å². The second kappa shape index (κ2) is 7.74. The van der Waals surface area contributed by atoms with Crippen molar-refractivity contribution in [1.29, 1.82) is 0 Å². The second-order valence-corrected chi connectivity index (χ2v) is 9.42. The van der Waals surface area contributed by atoms with Crippen LogP contribution in [-0.2, 0) is 11.3 Å². The first kappa shape index (κ1) is 19.8. The molecule has 2 aliphatic heterocycles. The summed E-state index contributed by atoms with van der Waals surface area (Å²) in [6.45, 7) is 10.3. The smallest absolute Gasteiger partial charge is 0.410 e. The molecule has 1 fully saturated rings. The minimum absolute atomic E-state index is 0.186. The van der Waals surface area contributed by atoms with Gasteiger partial charge >= 0.3 is 6.09 Å². The van der Waals surface area contributed by atoms with Gasteiger partial charge in [0.15, 0.2) is 0 Å². The highest BCUT2D eigenvalue weighted by atomic mass is 16.6. The number of benzene rings is 2. The average Bonchev–Trinajstić information content (AvgIpc) is 2.81. The fraction of sp³-hybridized carbons (Fsp3) is 0.480. The Balaban J connectivity index is 1.63. The topological polar surface area (TPSA) is 32.8 Å². The zero-order valence-corrected chi connectivity index (χ0v) is 18.0. The van der Waals surface area contributed by atoms with Crippen LogP contribution in [0.25, 0.3) is 0 Å². The molecular weight excluding hydrogens is 360 g/mol. The molecule has 154 valence electrons. The molecule has 2 atom stereocenters. The molecule has 2 aromatic rings. The molecule has 29 heavy (non-hydrogen) atoms. The molecule has 0 saturated carbocycles. The molecule has 4 nitrogen and oxygen atoms in total. The number of hydrogen-bond donors (Lipinski definition) is 0. The van der Waals surface area contributed by atoms with Gasteiger partial charge in [0, 0.05) is 37.3 Å². The van der Waals surface area contributed by atoms with Crippen LogP contribution in [0.5, 0.6) is 0 Å². The van der Waals surface area contributed by atoms with E-state index in [9.17, 15) is 4.79 Å². The first-order chi connectivity index (χ1) is 13.8. The molecule has 4 rings (SSSR count). The third kappa shape index (κ3) is 4.26. The predicted octanol–water partition coefficient (Wildman–Crippen LogP) is 5.50. The molecular formula is C25H32N2O2. The summed E-state index contributed by atoms with van der Waals surface area (Å²) >= 11 is 0. The van der Waals surface area contributed by atoms with Crippen molar-refractivity contribution in [2.75, 3.05) is 18.0 Å². The van der Waals surface area contributed by atoms with Crippen molar-refractivity contribution in [3.05, 3.63) is 65.2 Å². The van der Waals surface area contributed by atoms with E-state index in [1.54, 1.807) is 0 Å². The summed E-state index contributed by atoms with van der Waals surface area (Å²) in [6.07, 6.45) is 1.90. The van der Waals surface area contributed by atoms with E-state index in [4.69, 9.17) is 4.74 Å². The molecule has 2 aromatic carbocycles. The number of hydrogen-bond acceptors (Lipinski definition) is 3. The van der Waals surface area contributed by atoms with Gasteiger partial charge in [-0.15, -0.1) is 0 Å². The van der Waals surface area contributed by atoms with Gasteiger partial charge in [0.25, 0.3) is 0 Å². The van der Waals surface area contributed by atoms with Crippen LogP contribution >= 0.6 is 0 Å². The van der Waals surface area contributed by atoms with Gasteiger partial charge in [0.1, 0.15) is 5.60 Å². The Kier molecular flexibility index (Phi) is 5.28. The number of likely N-dealkylation sites (tertiary alicyclic amines) is 1. The number of amides is 1. The summed E-state index contributed by atoms with van der Waals surface area (Å²) in [4.78, 5) is 17.3. The van der Waals surface area contributed by atoms with Crippen molar-refractivity contribution >= 4 is 11.8 Å². The van der Waals surface area contributed by atoms with Crippen LogP contribution in [0, 0.1) is 6.92 Å². The third-order valence-electron chi connectivity index (χ3n) is 5.95. The minimum atomic E-state index is -0.466. The zero-order valence-electron chi connectivity index (χ0n) is 18.0. The van der Waals surface area contributed by atoms with Gasteiger partial charge < -0.3 is 14.5 Å². The molecule has 1 saturated heterocycles. The molecule has 0 N–H and O–H groups in total. The standard InChI is InChI=1S/C25H32N2O2/c1-18-12-13-23-20(15-18)21-17-26(24(28)29-25(2,3)4)14-8-11-22(21)27(23)16-19-9-6-5-7-10-19/h5-7,9-10,12-13,15,21-22H,8,11,14,16-17H2,1-4H3. The molecule has 0 radical (unpaired) electrons. The molecule has 1 amide bonds. The molecule has 0 aromatic heterocycles. The van der Waals surface area contributed by atoms with Crippen LogP contribution in [0.1, 0.15) is 56.2 Å². The van der Waals surface area contributed by atoms with Crippen molar-refractivity contribution in [2.45, 2.75) is 64.6 Å². The molecule has 0 spiro atoms. The van der Waals surface area contributed by atoms with Crippen molar-refractivity contribution in [1.82, 2.24) is 4.90 Å². The maximum absolute atomic E-state index is 12.8. The van der Waals surface area contributed by atoms with Gasteiger partial charge in [-0.2, -0.15) is 0 Å². The van der Waals surface area contributed by atoms with Crippen LogP contribution in [0.4, 0.5) is 10.5 Å². The molecule has 2 heterocycles. The van der Waals surface area contributed by atoms with Crippen LogP contribution in [0.2, 0.25) is 0 Å². The van der Waals surface area contributed by atoms with Gasteiger partial charge in [-0.3, -0.25) is 0 Å². The third-order valence-corrected chi connectivity index (χ3v) is 5.95.